The first-order chi connectivity index (χ1) is 13.1. The van der Waals surface area contributed by atoms with E-state index in [9.17, 15) is 4.79 Å². The Bertz CT molecular complexity index is 929. The summed E-state index contributed by atoms with van der Waals surface area (Å²) in [5, 5.41) is 10.9. The molecule has 5 nitrogen and oxygen atoms in total. The lowest BCUT2D eigenvalue weighted by Crippen LogP contribution is -2.29. The number of aromatic amines is 1. The summed E-state index contributed by atoms with van der Waals surface area (Å²) >= 11 is 5.90. The van der Waals surface area contributed by atoms with Crippen LogP contribution in [0.5, 0.6) is 0 Å². The number of H-pyrrole nitrogens is 1. The van der Waals surface area contributed by atoms with Gasteiger partial charge in [-0.2, -0.15) is 5.10 Å². The number of fused-ring (bicyclic) bond motifs is 1. The molecule has 140 valence electrons. The maximum Gasteiger partial charge on any atom is 0.227 e. The normalized spacial score (nSPS) is 21.1. The fraction of sp³-hybridized carbons (Fsp3) is 0.381. The van der Waals surface area contributed by atoms with Gasteiger partial charge in [-0.25, -0.2) is 0 Å². The zero-order valence-corrected chi connectivity index (χ0v) is 16.0. The maximum atomic E-state index is 12.6. The maximum absolute atomic E-state index is 12.6. The van der Waals surface area contributed by atoms with Crippen molar-refractivity contribution in [3.63, 3.8) is 0 Å². The second-order valence-corrected chi connectivity index (χ2v) is 7.86. The summed E-state index contributed by atoms with van der Waals surface area (Å²) in [4.78, 5) is 17.0. The van der Waals surface area contributed by atoms with Crippen molar-refractivity contribution < 1.29 is 4.79 Å². The van der Waals surface area contributed by atoms with Crippen LogP contribution in [-0.2, 0) is 4.79 Å². The molecule has 1 aliphatic rings. The minimum Gasteiger partial charge on any atom is -0.326 e. The zero-order chi connectivity index (χ0) is 18.8. The highest BCUT2D eigenvalue weighted by Crippen LogP contribution is 2.40. The number of anilines is 1. The molecule has 0 spiro atoms. The van der Waals surface area contributed by atoms with Crippen molar-refractivity contribution >= 4 is 34.2 Å². The molecule has 2 heterocycles. The van der Waals surface area contributed by atoms with Crippen LogP contribution in [-0.4, -0.2) is 21.1 Å². The number of carbonyl (C=O) groups is 1. The molecule has 0 unspecified atom stereocenters. The molecule has 0 saturated heterocycles. The van der Waals surface area contributed by atoms with Crippen molar-refractivity contribution in [3.8, 4) is 0 Å². The Morgan fingerprint density at radius 1 is 1.19 bits per heavy atom. The van der Waals surface area contributed by atoms with Crippen LogP contribution in [0.2, 0.25) is 5.02 Å². The lowest BCUT2D eigenvalue weighted by molar-refractivity contribution is -0.121. The van der Waals surface area contributed by atoms with Crippen molar-refractivity contribution in [1.29, 1.82) is 0 Å². The smallest absolute Gasteiger partial charge is 0.227 e. The molecule has 2 aromatic heterocycles. The van der Waals surface area contributed by atoms with Gasteiger partial charge in [0.25, 0.3) is 0 Å². The lowest BCUT2D eigenvalue weighted by Gasteiger charge is -2.32. The van der Waals surface area contributed by atoms with Gasteiger partial charge in [0.15, 0.2) is 0 Å². The molecule has 0 bridgehead atoms. The van der Waals surface area contributed by atoms with E-state index in [1.807, 2.05) is 25.3 Å². The van der Waals surface area contributed by atoms with Crippen molar-refractivity contribution in [3.05, 3.63) is 53.3 Å². The number of nitrogens with zero attached hydrogens (tertiary/aromatic N) is 2. The summed E-state index contributed by atoms with van der Waals surface area (Å²) < 4.78 is 0. The number of pyridine rings is 1. The molecule has 1 atom stereocenters. The molecule has 1 aliphatic carbocycles. The highest BCUT2D eigenvalue weighted by Gasteiger charge is 2.30. The second-order valence-electron chi connectivity index (χ2n) is 7.43. The summed E-state index contributed by atoms with van der Waals surface area (Å²) in [5.41, 5.74) is 4.07. The molecule has 1 amide bonds. The third-order valence-corrected chi connectivity index (χ3v) is 6.07. The molecule has 1 saturated carbocycles. The van der Waals surface area contributed by atoms with Crippen LogP contribution in [0.4, 0.5) is 5.69 Å². The number of carbonyl (C=O) groups excluding carboxylic acids is 1. The van der Waals surface area contributed by atoms with Crippen molar-refractivity contribution in [1.82, 2.24) is 15.2 Å². The van der Waals surface area contributed by atoms with Gasteiger partial charge >= 0.3 is 0 Å². The Morgan fingerprint density at radius 2 is 1.93 bits per heavy atom. The largest absolute Gasteiger partial charge is 0.326 e. The summed E-state index contributed by atoms with van der Waals surface area (Å²) in [5.74, 6) is 0.984. The van der Waals surface area contributed by atoms with Crippen LogP contribution < -0.4 is 5.32 Å². The van der Waals surface area contributed by atoms with Crippen molar-refractivity contribution in [2.24, 2.45) is 11.8 Å². The highest BCUT2D eigenvalue weighted by molar-refractivity contribution is 6.30. The van der Waals surface area contributed by atoms with Gasteiger partial charge in [-0.15, -0.1) is 0 Å². The van der Waals surface area contributed by atoms with E-state index in [0.717, 1.165) is 42.4 Å². The topological polar surface area (TPSA) is 70.7 Å². The molecular weight excluding hydrogens is 360 g/mol. The fourth-order valence-electron chi connectivity index (χ4n) is 4.15. The van der Waals surface area contributed by atoms with Gasteiger partial charge in [-0.3, -0.25) is 14.9 Å². The number of amides is 1. The van der Waals surface area contributed by atoms with Crippen LogP contribution in [0.3, 0.4) is 0 Å². The second kappa shape index (κ2) is 7.69. The van der Waals surface area contributed by atoms with Gasteiger partial charge < -0.3 is 5.32 Å². The number of rotatable bonds is 4. The Hall–Kier alpha value is -2.40. The monoisotopic (exact) mass is 382 g/mol. The van der Waals surface area contributed by atoms with Crippen LogP contribution in [0.15, 0.2) is 42.7 Å². The molecular formula is C21H23ClN4O. The number of hydrogen-bond acceptors (Lipinski definition) is 3. The van der Waals surface area contributed by atoms with Gasteiger partial charge in [-0.1, -0.05) is 18.5 Å². The number of benzene rings is 1. The first kappa shape index (κ1) is 18.0. The zero-order valence-electron chi connectivity index (χ0n) is 15.3. The van der Waals surface area contributed by atoms with Crippen molar-refractivity contribution in [2.45, 2.75) is 38.5 Å². The predicted molar refractivity (Wildman–Crippen MR) is 108 cm³/mol. The molecule has 6 heteroatoms. The van der Waals surface area contributed by atoms with E-state index in [1.54, 1.807) is 18.3 Å². The minimum absolute atomic E-state index is 0.00811. The van der Waals surface area contributed by atoms with Gasteiger partial charge in [-0.05, 0) is 73.4 Å². The van der Waals surface area contributed by atoms with E-state index in [-0.39, 0.29) is 11.8 Å². The molecule has 3 aromatic rings. The Kier molecular flexibility index (Phi) is 5.12. The average molecular weight is 383 g/mol. The first-order valence-electron chi connectivity index (χ1n) is 9.46. The van der Waals surface area contributed by atoms with Gasteiger partial charge in [0.2, 0.25) is 5.91 Å². The van der Waals surface area contributed by atoms with E-state index in [2.05, 4.69) is 26.6 Å². The van der Waals surface area contributed by atoms with Gasteiger partial charge in [0.1, 0.15) is 5.52 Å². The first-order valence-corrected chi connectivity index (χ1v) is 9.84. The molecule has 1 aromatic carbocycles. The molecule has 2 N–H and O–H groups in total. The summed E-state index contributed by atoms with van der Waals surface area (Å²) in [6.45, 7) is 2.04. The Balaban J connectivity index is 1.37. The van der Waals surface area contributed by atoms with E-state index in [1.165, 1.54) is 5.56 Å². The standard InChI is InChI=1S/C21H23ClN4O/c1-13(21(27)25-17-8-6-16(22)7-9-17)14-2-4-15(5-3-14)18-10-11-23-19-12-24-26-20(18)19/h6-15H,2-5H2,1H3,(H,24,26)(H,25,27)/t13-,14?,15?/m1/s1. The van der Waals surface area contributed by atoms with Gasteiger partial charge in [0, 0.05) is 22.8 Å². The molecule has 0 aliphatic heterocycles. The quantitative estimate of drug-likeness (QED) is 0.654. The predicted octanol–water partition coefficient (Wildman–Crippen LogP) is 5.16. The molecule has 4 rings (SSSR count). The number of nitrogens with one attached hydrogen (secondary N) is 2. The van der Waals surface area contributed by atoms with Crippen molar-refractivity contribution in [2.75, 3.05) is 5.32 Å². The molecule has 1 fully saturated rings. The van der Waals surface area contributed by atoms with Crippen LogP contribution in [0, 0.1) is 11.8 Å². The van der Waals surface area contributed by atoms with Crippen LogP contribution >= 0.6 is 11.6 Å². The highest BCUT2D eigenvalue weighted by atomic mass is 35.5. The fourth-order valence-corrected chi connectivity index (χ4v) is 4.27. The third kappa shape index (κ3) is 3.83. The summed E-state index contributed by atoms with van der Waals surface area (Å²) in [7, 11) is 0. The summed E-state index contributed by atoms with van der Waals surface area (Å²) in [6, 6.07) is 9.35. The van der Waals surface area contributed by atoms with Crippen LogP contribution in [0.25, 0.3) is 11.0 Å². The Labute approximate surface area is 163 Å². The van der Waals surface area contributed by atoms with Gasteiger partial charge in [0.05, 0.1) is 11.7 Å². The molecule has 0 radical (unpaired) electrons. The minimum atomic E-state index is -0.00811. The van der Waals surface area contributed by atoms with E-state index >= 15 is 0 Å². The average Bonchev–Trinajstić information content (AvgIpc) is 3.18. The Morgan fingerprint density at radius 3 is 2.67 bits per heavy atom. The number of aromatic nitrogens is 3. The number of hydrogen-bond donors (Lipinski definition) is 2. The van der Waals surface area contributed by atoms with E-state index in [4.69, 9.17) is 11.6 Å². The number of halogens is 1. The SMILES string of the molecule is C[C@@H](C(=O)Nc1ccc(Cl)cc1)C1CCC(c2ccnc3cn[nH]c23)CC1. The third-order valence-electron chi connectivity index (χ3n) is 5.82. The van der Waals surface area contributed by atoms with Crippen LogP contribution in [0.1, 0.15) is 44.1 Å². The lowest BCUT2D eigenvalue weighted by atomic mass is 9.74. The summed E-state index contributed by atoms with van der Waals surface area (Å²) in [6.07, 6.45) is 7.91. The van der Waals surface area contributed by atoms with E-state index in [0.29, 0.717) is 16.9 Å². The molecule has 27 heavy (non-hydrogen) atoms. The van der Waals surface area contributed by atoms with E-state index < -0.39 is 0 Å².